The number of nitrogens with zero attached hydrogens (tertiary/aromatic N) is 9. The molecular formula is C63H62Cl2F4N13O3S5Y+. The Bertz CT molecular complexity index is 4310. The number of aromatic nitrogens is 5. The summed E-state index contributed by atoms with van der Waals surface area (Å²) in [5, 5.41) is 21.6. The molecule has 5 N–H and O–H groups in total. The quantitative estimate of drug-likeness (QED) is 0.0625. The number of alkyl halides is 3. The molecule has 5 aromatic heterocycles. The number of carbonyl (C=O) groups excluding carboxylic acids is 2. The number of thiazole rings is 5. The molecule has 471 valence electrons. The van der Waals surface area contributed by atoms with Gasteiger partial charge in [-0.3, -0.25) is 9.79 Å². The molecule has 12 rings (SSSR count). The third-order valence-corrected chi connectivity index (χ3v) is 17.9. The number of hydrogen-bond donors (Lipinski definition) is 4. The van der Waals surface area contributed by atoms with Crippen LogP contribution in [0.3, 0.4) is 0 Å². The molecule has 16 nitrogen and oxygen atoms in total. The van der Waals surface area contributed by atoms with Crippen molar-refractivity contribution in [2.45, 2.75) is 47.2 Å². The predicted octanol–water partition coefficient (Wildman–Crippen LogP) is 15.2. The second kappa shape index (κ2) is 33.4. The Hall–Kier alpha value is -7.20. The Balaban J connectivity index is 0.000000165. The first-order valence-corrected chi connectivity index (χ1v) is 32.6. The summed E-state index contributed by atoms with van der Waals surface area (Å²) in [6.45, 7) is 15.0. The molecule has 1 radical (unpaired) electrons. The number of benzene rings is 5. The summed E-state index contributed by atoms with van der Waals surface area (Å²) in [4.78, 5) is 47.2. The number of carbonyl (C=O) groups is 2. The van der Waals surface area contributed by atoms with Gasteiger partial charge < -0.3 is 35.1 Å². The zero-order valence-electron chi connectivity index (χ0n) is 50.3. The Labute approximate surface area is 578 Å². The molecular weight excluding hydrogens is 1380 g/mol. The molecule has 91 heavy (non-hydrogen) atoms. The molecule has 0 saturated carbocycles. The average Bonchev–Trinajstić information content (AvgIpc) is 1.64. The molecule has 2 aliphatic heterocycles. The first-order chi connectivity index (χ1) is 43.1. The molecule has 0 bridgehead atoms. The summed E-state index contributed by atoms with van der Waals surface area (Å²) < 4.78 is 63.1. The standard InChI is InChI=1S/C16H13F4N3O2S.C14H14Cl2N4S.C12H12N2OS.C12H14N2S.C9H8N2S.Y/c1-3-4-23-11-6-10(9(17)5-12(11)25-7-14(23)24)21-15-22(2)13(8-26-15)16(18,19)20;1-8-5-10(15)11(16)6-9(8)12-7-21-14(19-12)20-13-17-3-2-4-18-13;1-9-8-16-12(13-10(2)15)14(9)11-6-4-3-5-7-11;1-9-4-5-11(10(2)8-9)13-12-14(3)6-7-15-12;10-9-11-8(6-12-9)7-4-2-1-3-5-7;/h3,5-6,8H,1,4,7H2,2H3;5-7H,2-4H2,1H3,(H2,17,18,19,20);3-8H,1-2H3;4-8H,1-3H3;1-6H,(H2,10,11);/p+1. The largest absolute Gasteiger partial charge is 0.481 e. The van der Waals surface area contributed by atoms with Crippen molar-refractivity contribution in [1.29, 1.82) is 0 Å². The summed E-state index contributed by atoms with van der Waals surface area (Å²) in [5.41, 5.74) is 15.5. The van der Waals surface area contributed by atoms with Crippen molar-refractivity contribution in [2.75, 3.05) is 47.5 Å². The number of aryl methyl sites for hydroxylation is 5. The van der Waals surface area contributed by atoms with E-state index in [1.807, 2.05) is 131 Å². The van der Waals surface area contributed by atoms with Crippen molar-refractivity contribution < 1.29 is 69.2 Å². The maximum atomic E-state index is 14.3. The van der Waals surface area contributed by atoms with Crippen LogP contribution >= 0.6 is 79.9 Å². The van der Waals surface area contributed by atoms with Crippen molar-refractivity contribution >= 4 is 130 Å². The minimum atomic E-state index is -4.53. The number of nitrogen functional groups attached to an aromatic ring is 1. The fourth-order valence-electron chi connectivity index (χ4n) is 8.59. The summed E-state index contributed by atoms with van der Waals surface area (Å²) in [7, 11) is 3.21. The van der Waals surface area contributed by atoms with E-state index >= 15 is 0 Å². The maximum absolute atomic E-state index is 14.3. The molecule has 0 atom stereocenters. The second-order valence-corrected chi connectivity index (χ2v) is 25.0. The maximum Gasteiger partial charge on any atom is 0.432 e. The summed E-state index contributed by atoms with van der Waals surface area (Å²) in [5.74, 6) is -0.205. The number of anilines is 4. The van der Waals surface area contributed by atoms with Crippen molar-refractivity contribution in [3.8, 4) is 34.0 Å². The monoisotopic (exact) mass is 1440 g/mol. The van der Waals surface area contributed by atoms with Crippen LogP contribution in [0, 0.1) is 33.5 Å². The smallest absolute Gasteiger partial charge is 0.432 e. The van der Waals surface area contributed by atoms with Crippen LogP contribution in [-0.2, 0) is 62.6 Å². The fraction of sp³-hybridized carbons (Fsp3) is 0.206. The first kappa shape index (κ1) is 71.2. The van der Waals surface area contributed by atoms with E-state index in [9.17, 15) is 27.2 Å². The molecule has 28 heteroatoms. The van der Waals surface area contributed by atoms with Gasteiger partial charge in [0.05, 0.1) is 32.8 Å². The van der Waals surface area contributed by atoms with E-state index in [4.69, 9.17) is 33.7 Å². The van der Waals surface area contributed by atoms with Crippen molar-refractivity contribution in [3.63, 3.8) is 0 Å². The normalized spacial score (nSPS) is 12.7. The van der Waals surface area contributed by atoms with Gasteiger partial charge in [-0.05, 0) is 81.6 Å². The molecule has 7 heterocycles. The van der Waals surface area contributed by atoms with Crippen molar-refractivity contribution in [3.05, 3.63) is 202 Å². The second-order valence-electron chi connectivity index (χ2n) is 19.8. The van der Waals surface area contributed by atoms with Gasteiger partial charge in [0.25, 0.3) is 5.91 Å². The number of fused-ring (bicyclic) bond motifs is 1. The fourth-order valence-corrected chi connectivity index (χ4v) is 12.9. The van der Waals surface area contributed by atoms with Crippen LogP contribution in [-0.4, -0.2) is 63.1 Å². The molecule has 2 aliphatic rings. The Morgan fingerprint density at radius 3 is 2.18 bits per heavy atom. The molecule has 0 aliphatic carbocycles. The van der Waals surface area contributed by atoms with Gasteiger partial charge in [-0.15, -0.1) is 51.9 Å². The zero-order valence-corrected chi connectivity index (χ0v) is 58.7. The van der Waals surface area contributed by atoms with Gasteiger partial charge in [0.2, 0.25) is 0 Å². The van der Waals surface area contributed by atoms with Crippen molar-refractivity contribution in [2.24, 2.45) is 29.1 Å². The van der Waals surface area contributed by atoms with E-state index < -0.39 is 17.7 Å². The van der Waals surface area contributed by atoms with E-state index in [1.165, 1.54) is 76.2 Å². The Kier molecular flexibility index (Phi) is 26.2. The van der Waals surface area contributed by atoms with Crippen LogP contribution in [0.25, 0.3) is 28.2 Å². The van der Waals surface area contributed by atoms with Gasteiger partial charge in [-0.25, -0.2) is 34.5 Å². The summed E-state index contributed by atoms with van der Waals surface area (Å²) in [6, 6.07) is 32.4. The van der Waals surface area contributed by atoms with Crippen LogP contribution in [0.4, 0.5) is 50.0 Å². The predicted molar refractivity (Wildman–Crippen MR) is 360 cm³/mol. The number of amides is 2. The number of hydrogen-bond acceptors (Lipinski definition) is 16. The minimum Gasteiger partial charge on any atom is -0.481 e. The SMILES string of the molecule is C=CCN1C(=O)COc2cc(F)c(N=c3scc(C(F)(F)F)n3C)cc21.CC(=O)Nc1scc(C)[n+]1-c1ccccc1.Cc1cc(Cl)c(Cl)cc1-c1csc(NC2=NCCCN2)n1.Cc1ccc(N=c2sccn2C)c(C)c1.Nc1nc(-c2ccccc2)cs1.[Y]. The average molecular weight is 1450 g/mol. The molecule has 0 saturated heterocycles. The van der Waals surface area contributed by atoms with Crippen LogP contribution in [0.1, 0.15) is 41.4 Å². The number of nitrogens with one attached hydrogen (secondary N) is 3. The Morgan fingerprint density at radius 1 is 0.846 bits per heavy atom. The summed E-state index contributed by atoms with van der Waals surface area (Å²) in [6.07, 6.45) is 0.0558. The van der Waals surface area contributed by atoms with E-state index in [-0.39, 0.29) is 79.6 Å². The third kappa shape index (κ3) is 19.7. The van der Waals surface area contributed by atoms with Crippen LogP contribution in [0.5, 0.6) is 5.75 Å². The van der Waals surface area contributed by atoms with Crippen LogP contribution in [0.15, 0.2) is 164 Å². The van der Waals surface area contributed by atoms with E-state index in [1.54, 1.807) is 11.3 Å². The number of ether oxygens (including phenoxy) is 1. The van der Waals surface area contributed by atoms with E-state index in [0.717, 1.165) is 113 Å². The van der Waals surface area contributed by atoms with Crippen molar-refractivity contribution in [1.82, 2.24) is 24.4 Å². The molecule has 0 spiro atoms. The number of guanidine groups is 1. The number of aliphatic imine (C=N–C) groups is 1. The number of para-hydroxylation sites is 1. The molecule has 0 fully saturated rings. The molecule has 10 aromatic rings. The zero-order chi connectivity index (χ0) is 64.6. The first-order valence-electron chi connectivity index (χ1n) is 27.5. The van der Waals surface area contributed by atoms with Crippen LogP contribution < -0.4 is 45.5 Å². The van der Waals surface area contributed by atoms with Gasteiger partial charge >= 0.3 is 17.2 Å². The number of rotatable bonds is 9. The topological polar surface area (TPSA) is 185 Å². The van der Waals surface area contributed by atoms with E-state index in [2.05, 4.69) is 79.5 Å². The van der Waals surface area contributed by atoms with Gasteiger partial charge in [-0.1, -0.05) is 107 Å². The Morgan fingerprint density at radius 2 is 1.55 bits per heavy atom. The summed E-state index contributed by atoms with van der Waals surface area (Å²) >= 11 is 19.0. The molecule has 5 aromatic carbocycles. The van der Waals surface area contributed by atoms with Gasteiger partial charge in [0.15, 0.2) is 38.2 Å². The van der Waals surface area contributed by atoms with E-state index in [0.29, 0.717) is 15.2 Å². The number of halogens is 6. The van der Waals surface area contributed by atoms with Gasteiger partial charge in [0.1, 0.15) is 28.5 Å². The van der Waals surface area contributed by atoms with Crippen LogP contribution in [0.2, 0.25) is 10.0 Å². The molecule has 0 unspecified atom stereocenters. The van der Waals surface area contributed by atoms with Gasteiger partial charge in [-0.2, -0.15) is 17.7 Å². The third-order valence-electron chi connectivity index (χ3n) is 13.0. The number of nitrogens with two attached hydrogens (primary N) is 1. The molecule has 2 amide bonds. The minimum absolute atomic E-state index is 0. The van der Waals surface area contributed by atoms with Gasteiger partial charge in [0, 0.05) is 124 Å².